The molecule has 119 heavy (non-hydrogen) atoms. The quantitative estimate of drug-likeness (QED) is 0.0141. The van der Waals surface area contributed by atoms with E-state index in [1.54, 1.807) is 49.6 Å². The van der Waals surface area contributed by atoms with Gasteiger partial charge in [-0.3, -0.25) is 0 Å². The van der Waals surface area contributed by atoms with Crippen LogP contribution in [0, 0.1) is 0 Å². The Hall–Kier alpha value is -4.07. The van der Waals surface area contributed by atoms with Crippen molar-refractivity contribution in [3.8, 4) is 0 Å². The molecule has 2 atom stereocenters. The van der Waals surface area contributed by atoms with Gasteiger partial charge in [0.2, 0.25) is 0 Å². The minimum atomic E-state index is -3.76. The number of sulfone groups is 1. The highest BCUT2D eigenvalue weighted by atomic mass is 35.7. The molecular formula is C79H126Cl5N9O24S2. The van der Waals surface area contributed by atoms with Crippen LogP contribution in [0.15, 0.2) is 92.8 Å². The maximum atomic E-state index is 13.2. The Labute approximate surface area is 727 Å². The summed E-state index contributed by atoms with van der Waals surface area (Å²) in [5.41, 5.74) is 27.3. The van der Waals surface area contributed by atoms with Crippen molar-refractivity contribution in [3.63, 3.8) is 0 Å². The lowest BCUT2D eigenvalue weighted by molar-refractivity contribution is -0.0263. The summed E-state index contributed by atoms with van der Waals surface area (Å²) in [7, 11) is 3.88. The van der Waals surface area contributed by atoms with Gasteiger partial charge in [-0.15, -0.1) is 0 Å². The molecule has 33 nitrogen and oxygen atoms in total. The van der Waals surface area contributed by atoms with Crippen molar-refractivity contribution in [3.05, 3.63) is 147 Å². The number of ether oxygens (including phenoxy) is 20. The Bertz CT molecular complexity index is 3560. The molecule has 0 radical (unpaired) electrons. The number of benzene rings is 4. The van der Waals surface area contributed by atoms with Gasteiger partial charge in [0.25, 0.3) is 9.05 Å². The van der Waals surface area contributed by atoms with E-state index < -0.39 is 18.9 Å². The number of methoxy groups -OCH3 is 1. The maximum absolute atomic E-state index is 13.2. The summed E-state index contributed by atoms with van der Waals surface area (Å²) < 4.78 is 157. The molecule has 0 aliphatic carbocycles. The second-order valence-corrected chi connectivity index (χ2v) is 32.4. The van der Waals surface area contributed by atoms with E-state index in [2.05, 4.69) is 36.8 Å². The predicted octanol–water partition coefficient (Wildman–Crippen LogP) is 11.2. The van der Waals surface area contributed by atoms with Crippen LogP contribution < -0.4 is 5.73 Å². The van der Waals surface area contributed by atoms with Crippen LogP contribution in [0.1, 0.15) is 65.0 Å². The van der Waals surface area contributed by atoms with Crippen LogP contribution in [0.25, 0.3) is 20.9 Å². The molecule has 0 fully saturated rings. The third-order valence-electron chi connectivity index (χ3n) is 16.6. The van der Waals surface area contributed by atoms with E-state index in [1.165, 1.54) is 6.07 Å². The normalized spacial score (nSPS) is 14.1. The molecule has 0 aromatic heterocycles. The first-order valence-electron chi connectivity index (χ1n) is 39.8. The minimum absolute atomic E-state index is 0.0114. The zero-order valence-corrected chi connectivity index (χ0v) is 74.8. The molecular weight excluding hydrogens is 1700 g/mol. The number of hydrogen-bond acceptors (Lipinski definition) is 29. The standard InChI is InChI=1S/C39H60Cl2N4O12S.C19H39N3O9.C16H14Cl3NO2S.C5H13NO/c1-45-31-37(36-29-34(40)30-39(41)38(36)32-45)33-4-2-5-35(28-33)58(46,47)27-3-7-48-9-11-50-13-15-52-17-19-54-21-23-56-25-26-57-24-22-55-20-18-53-16-14-51-12-10-49-8-6-43-44-42;1-23-4-5-25-8-9-27-12-13-29-16-17-31-19-18-30-15-14-28-11-10-26-7-6-24-3-2-21-22-20;1-20-8-14(10-3-2-4-12(5-10)23(19,21)22)13-6-11(17)7-16(18)15(13)9-20;1-2-4-7-5-3-6/h2,4-5,28-30,37H,3,6-27,31-32H2,1H3;2-19H2,1H3;2-7,14H,8-9H2,1H3;2-6H2,1H3. The second kappa shape index (κ2) is 73.2. The molecule has 0 spiro atoms. The SMILES string of the molecule is CCCOCCN.CN1Cc2c(Cl)cc(Cl)cc2C(c2cccc(S(=O)(=O)CCCOCCOCCOCCOCCOCCOCCOCCOCCOCCOCCN=[N+]=[N-])c2)C1.CN1Cc2c(Cl)cc(Cl)cc2C(c2cccc(S(=O)(=O)Cl)c2)C1.COCCOCCOCCOCCOCCOCCOCCOCCOCCN=[N+]=[N-]. The van der Waals surface area contributed by atoms with Gasteiger partial charge >= 0.3 is 0 Å². The first-order chi connectivity index (χ1) is 57.9. The third kappa shape index (κ3) is 55.1. The van der Waals surface area contributed by atoms with E-state index in [4.69, 9.17) is 169 Å². The Kier molecular flexibility index (Phi) is 67.1. The van der Waals surface area contributed by atoms with Gasteiger partial charge in [-0.25, -0.2) is 16.8 Å². The van der Waals surface area contributed by atoms with Crippen molar-refractivity contribution in [1.29, 1.82) is 0 Å². The van der Waals surface area contributed by atoms with Crippen LogP contribution in [0.3, 0.4) is 0 Å². The highest BCUT2D eigenvalue weighted by molar-refractivity contribution is 8.13. The van der Waals surface area contributed by atoms with Gasteiger partial charge in [0.05, 0.1) is 260 Å². The van der Waals surface area contributed by atoms with Crippen LogP contribution in [0.5, 0.6) is 0 Å². The van der Waals surface area contributed by atoms with E-state index in [0.717, 1.165) is 66.0 Å². The minimum Gasteiger partial charge on any atom is -0.382 e. The molecule has 4 aromatic rings. The third-order valence-corrected chi connectivity index (χ3v) is 20.9. The monoisotopic (exact) mass is 1820 g/mol. The number of rotatable bonds is 69. The van der Waals surface area contributed by atoms with Gasteiger partial charge in [-0.1, -0.05) is 87.8 Å². The lowest BCUT2D eigenvalue weighted by Gasteiger charge is -2.33. The van der Waals surface area contributed by atoms with Crippen molar-refractivity contribution in [1.82, 2.24) is 9.80 Å². The van der Waals surface area contributed by atoms with E-state index in [9.17, 15) is 16.8 Å². The van der Waals surface area contributed by atoms with E-state index in [-0.39, 0.29) is 22.5 Å². The topological polar surface area (TPSA) is 383 Å². The van der Waals surface area contributed by atoms with Crippen LogP contribution in [-0.4, -0.2) is 344 Å². The fraction of sp³-hybridized carbons (Fsp3) is 0.696. The first-order valence-corrected chi connectivity index (χ1v) is 45.3. The van der Waals surface area contributed by atoms with Crippen LogP contribution in [0.4, 0.5) is 0 Å². The van der Waals surface area contributed by atoms with Gasteiger partial charge in [-0.05, 0) is 120 Å². The molecule has 6 rings (SSSR count). The van der Waals surface area contributed by atoms with Gasteiger partial charge in [0.15, 0.2) is 9.84 Å². The second-order valence-electron chi connectivity index (χ2n) is 26.0. The maximum Gasteiger partial charge on any atom is 0.261 e. The van der Waals surface area contributed by atoms with Crippen molar-refractivity contribution in [2.45, 2.75) is 54.5 Å². The number of halogens is 5. The molecule has 2 aliphatic rings. The molecule has 0 saturated carbocycles. The average molecular weight is 1830 g/mol. The van der Waals surface area contributed by atoms with Crippen molar-refractivity contribution in [2.24, 2.45) is 16.0 Å². The lowest BCUT2D eigenvalue weighted by Crippen LogP contribution is -2.31. The van der Waals surface area contributed by atoms with Gasteiger partial charge < -0.3 is 110 Å². The lowest BCUT2D eigenvalue weighted by atomic mass is 9.85. The zero-order valence-electron chi connectivity index (χ0n) is 69.4. The highest BCUT2D eigenvalue weighted by Gasteiger charge is 2.30. The fourth-order valence-corrected chi connectivity index (χ4v) is 14.3. The summed E-state index contributed by atoms with van der Waals surface area (Å²) in [5.74, 6) is -0.0660. The molecule has 0 saturated heterocycles. The summed E-state index contributed by atoms with van der Waals surface area (Å²) in [6, 6.07) is 21.2. The van der Waals surface area contributed by atoms with E-state index in [0.29, 0.717) is 309 Å². The van der Waals surface area contributed by atoms with Crippen molar-refractivity contribution >= 4 is 76.0 Å². The van der Waals surface area contributed by atoms with Crippen LogP contribution in [0.2, 0.25) is 20.1 Å². The summed E-state index contributed by atoms with van der Waals surface area (Å²) in [6.07, 6.45) is 1.46. The number of nitrogens with zero attached hydrogens (tertiary/aromatic N) is 8. The Morgan fingerprint density at radius 1 is 0.403 bits per heavy atom. The highest BCUT2D eigenvalue weighted by Crippen LogP contribution is 2.41. The average Bonchev–Trinajstić information content (AvgIpc) is 0.778. The number of likely N-dealkylation sites (N-methyl/N-ethyl adjacent to an activating group) is 2. The van der Waals surface area contributed by atoms with Crippen molar-refractivity contribution in [2.75, 3.05) is 317 Å². The zero-order chi connectivity index (χ0) is 86.3. The number of hydrogen-bond donors (Lipinski definition) is 1. The molecule has 2 N–H and O–H groups in total. The van der Waals surface area contributed by atoms with Crippen LogP contribution >= 0.6 is 57.1 Å². The summed E-state index contributed by atoms with van der Waals surface area (Å²) >= 11 is 25.3. The van der Waals surface area contributed by atoms with Crippen LogP contribution in [-0.2, 0) is 127 Å². The molecule has 4 aromatic carbocycles. The number of fused-ring (bicyclic) bond motifs is 2. The van der Waals surface area contributed by atoms with E-state index in [1.807, 2.05) is 38.4 Å². The molecule has 2 unspecified atom stereocenters. The largest absolute Gasteiger partial charge is 0.382 e. The number of azide groups is 2. The summed E-state index contributed by atoms with van der Waals surface area (Å²) in [4.78, 5) is 10.0. The Morgan fingerprint density at radius 3 is 0.983 bits per heavy atom. The predicted molar refractivity (Wildman–Crippen MR) is 457 cm³/mol. The molecule has 0 amide bonds. The molecule has 2 aliphatic heterocycles. The Balaban J connectivity index is 0.000000496. The Morgan fingerprint density at radius 2 is 0.689 bits per heavy atom. The summed E-state index contributed by atoms with van der Waals surface area (Å²) in [6.45, 7) is 25.5. The smallest absolute Gasteiger partial charge is 0.261 e. The van der Waals surface area contributed by atoms with Gasteiger partial charge in [0.1, 0.15) is 0 Å². The first kappa shape index (κ1) is 109. The van der Waals surface area contributed by atoms with Gasteiger partial charge in [-0.2, -0.15) is 0 Å². The molecule has 2 heterocycles. The van der Waals surface area contributed by atoms with Gasteiger partial charge in [0, 0.05) is 119 Å². The molecule has 678 valence electrons. The van der Waals surface area contributed by atoms with Crippen molar-refractivity contribution < 1.29 is 112 Å². The molecule has 0 bridgehead atoms. The molecule has 40 heteroatoms. The fourth-order valence-electron chi connectivity index (χ4n) is 11.0. The summed E-state index contributed by atoms with van der Waals surface area (Å²) in [5, 5.41) is 9.13. The van der Waals surface area contributed by atoms with E-state index >= 15 is 0 Å². The number of nitrogens with two attached hydrogens (primary N) is 1.